The molecule has 0 aliphatic heterocycles. The first-order valence-electron chi connectivity index (χ1n) is 8.52. The SMILES string of the molecule is C[C@H](Cl)OC(=O)N(C)c1ncccc1COC(=O)CN(C)C(=O)OC(C)(C)C. The van der Waals surface area contributed by atoms with Gasteiger partial charge in [-0.3, -0.25) is 9.69 Å². The van der Waals surface area contributed by atoms with E-state index >= 15 is 0 Å². The Labute approximate surface area is 169 Å². The number of rotatable bonds is 6. The van der Waals surface area contributed by atoms with Crippen molar-refractivity contribution >= 4 is 35.6 Å². The molecule has 0 saturated heterocycles. The van der Waals surface area contributed by atoms with E-state index in [0.717, 1.165) is 9.80 Å². The second-order valence-corrected chi connectivity index (χ2v) is 7.58. The Hall–Kier alpha value is -2.55. The van der Waals surface area contributed by atoms with Gasteiger partial charge in [-0.2, -0.15) is 0 Å². The van der Waals surface area contributed by atoms with E-state index in [9.17, 15) is 14.4 Å². The third kappa shape index (κ3) is 7.99. The van der Waals surface area contributed by atoms with Gasteiger partial charge < -0.3 is 19.1 Å². The monoisotopic (exact) mass is 415 g/mol. The number of aromatic nitrogens is 1. The molecule has 1 heterocycles. The molecule has 0 aliphatic carbocycles. The lowest BCUT2D eigenvalue weighted by Crippen LogP contribution is -2.37. The van der Waals surface area contributed by atoms with Crippen LogP contribution in [0.3, 0.4) is 0 Å². The molecule has 1 aromatic rings. The fourth-order valence-corrected chi connectivity index (χ4v) is 2.03. The number of amides is 2. The zero-order valence-corrected chi connectivity index (χ0v) is 17.6. The Morgan fingerprint density at radius 3 is 2.43 bits per heavy atom. The van der Waals surface area contributed by atoms with Crippen molar-refractivity contribution in [3.8, 4) is 0 Å². The number of anilines is 1. The van der Waals surface area contributed by atoms with Crippen LogP contribution in [-0.2, 0) is 25.6 Å². The summed E-state index contributed by atoms with van der Waals surface area (Å²) < 4.78 is 15.3. The van der Waals surface area contributed by atoms with Crippen LogP contribution in [-0.4, -0.2) is 59.8 Å². The minimum absolute atomic E-state index is 0.141. The first-order chi connectivity index (χ1) is 12.9. The fourth-order valence-electron chi connectivity index (χ4n) is 1.95. The molecule has 28 heavy (non-hydrogen) atoms. The summed E-state index contributed by atoms with van der Waals surface area (Å²) in [5.41, 5.74) is -0.986. The molecule has 0 spiro atoms. The Kier molecular flexibility index (Phi) is 8.49. The van der Waals surface area contributed by atoms with Crippen molar-refractivity contribution in [3.05, 3.63) is 23.9 Å². The topological polar surface area (TPSA) is 98.3 Å². The predicted octanol–water partition coefficient (Wildman–Crippen LogP) is 3.15. The van der Waals surface area contributed by atoms with Crippen LogP contribution < -0.4 is 4.90 Å². The van der Waals surface area contributed by atoms with Crippen LogP contribution in [0.25, 0.3) is 0 Å². The molecule has 1 atom stereocenters. The molecule has 0 aromatic carbocycles. The van der Waals surface area contributed by atoms with Crippen LogP contribution in [0.4, 0.5) is 15.4 Å². The molecule has 1 rings (SSSR count). The maximum absolute atomic E-state index is 12.0. The van der Waals surface area contributed by atoms with Crippen molar-refractivity contribution < 1.29 is 28.6 Å². The van der Waals surface area contributed by atoms with Gasteiger partial charge in [0.1, 0.15) is 24.6 Å². The molecule has 10 heteroatoms. The lowest BCUT2D eigenvalue weighted by Gasteiger charge is -2.24. The minimum Gasteiger partial charge on any atom is -0.459 e. The van der Waals surface area contributed by atoms with E-state index in [4.69, 9.17) is 25.8 Å². The summed E-state index contributed by atoms with van der Waals surface area (Å²) >= 11 is 5.66. The fraction of sp³-hybridized carbons (Fsp3) is 0.556. The summed E-state index contributed by atoms with van der Waals surface area (Å²) in [6.07, 6.45) is 0.160. The van der Waals surface area contributed by atoms with Crippen molar-refractivity contribution in [2.75, 3.05) is 25.5 Å². The van der Waals surface area contributed by atoms with E-state index in [1.807, 2.05) is 0 Å². The molecular formula is C18H26ClN3O6. The molecule has 2 amide bonds. The summed E-state index contributed by atoms with van der Waals surface area (Å²) in [7, 11) is 2.90. The van der Waals surface area contributed by atoms with Gasteiger partial charge in [-0.1, -0.05) is 17.7 Å². The van der Waals surface area contributed by atoms with Gasteiger partial charge >= 0.3 is 18.2 Å². The molecule has 0 saturated carbocycles. The number of ether oxygens (including phenoxy) is 3. The number of halogens is 1. The summed E-state index contributed by atoms with van der Waals surface area (Å²) in [5, 5.41) is 0. The van der Waals surface area contributed by atoms with Gasteiger partial charge in [0, 0.05) is 25.9 Å². The van der Waals surface area contributed by atoms with Crippen LogP contribution in [0, 0.1) is 0 Å². The first kappa shape index (κ1) is 23.5. The highest BCUT2D eigenvalue weighted by Crippen LogP contribution is 2.18. The highest BCUT2D eigenvalue weighted by molar-refractivity contribution is 6.20. The van der Waals surface area contributed by atoms with Crippen molar-refractivity contribution in [2.45, 2.75) is 45.5 Å². The van der Waals surface area contributed by atoms with Gasteiger partial charge in [0.25, 0.3) is 0 Å². The number of hydrogen-bond acceptors (Lipinski definition) is 7. The van der Waals surface area contributed by atoms with Gasteiger partial charge in [-0.15, -0.1) is 0 Å². The number of pyridine rings is 1. The smallest absolute Gasteiger partial charge is 0.416 e. The van der Waals surface area contributed by atoms with Gasteiger partial charge in [0.2, 0.25) is 0 Å². The van der Waals surface area contributed by atoms with Crippen molar-refractivity contribution in [1.82, 2.24) is 9.88 Å². The highest BCUT2D eigenvalue weighted by atomic mass is 35.5. The summed E-state index contributed by atoms with van der Waals surface area (Å²) in [6.45, 7) is 6.27. The van der Waals surface area contributed by atoms with Crippen LogP contribution in [0.2, 0.25) is 0 Å². The second kappa shape index (κ2) is 10.1. The third-order valence-electron chi connectivity index (χ3n) is 3.18. The van der Waals surface area contributed by atoms with Crippen LogP contribution in [0.15, 0.2) is 18.3 Å². The molecule has 9 nitrogen and oxygen atoms in total. The number of carbonyl (C=O) groups is 3. The average molecular weight is 416 g/mol. The molecule has 0 N–H and O–H groups in total. The summed E-state index contributed by atoms with van der Waals surface area (Å²) in [4.78, 5) is 42.3. The zero-order valence-electron chi connectivity index (χ0n) is 16.9. The van der Waals surface area contributed by atoms with Gasteiger partial charge in [-0.05, 0) is 33.8 Å². The van der Waals surface area contributed by atoms with Gasteiger partial charge in [0.05, 0.1) is 0 Å². The average Bonchev–Trinajstić information content (AvgIpc) is 2.57. The molecule has 0 radical (unpaired) electrons. The Morgan fingerprint density at radius 1 is 1.21 bits per heavy atom. The normalized spacial score (nSPS) is 12.0. The second-order valence-electron chi connectivity index (χ2n) is 6.97. The Morgan fingerprint density at radius 2 is 1.86 bits per heavy atom. The molecule has 0 aliphatic rings. The van der Waals surface area contributed by atoms with E-state index in [1.54, 1.807) is 32.9 Å². The maximum atomic E-state index is 12.0. The number of alkyl halides is 1. The molecule has 0 fully saturated rings. The number of nitrogens with zero attached hydrogens (tertiary/aromatic N) is 3. The van der Waals surface area contributed by atoms with E-state index in [2.05, 4.69) is 4.98 Å². The number of hydrogen-bond donors (Lipinski definition) is 0. The molecular weight excluding hydrogens is 390 g/mol. The molecule has 0 bridgehead atoms. The van der Waals surface area contributed by atoms with Crippen LogP contribution >= 0.6 is 11.6 Å². The van der Waals surface area contributed by atoms with E-state index in [-0.39, 0.29) is 19.0 Å². The Bertz CT molecular complexity index is 705. The molecule has 1 aromatic heterocycles. The van der Waals surface area contributed by atoms with Gasteiger partial charge in [-0.25, -0.2) is 14.6 Å². The van der Waals surface area contributed by atoms with Crippen LogP contribution in [0.1, 0.15) is 33.3 Å². The number of carbonyl (C=O) groups excluding carboxylic acids is 3. The number of likely N-dealkylation sites (N-methyl/N-ethyl adjacent to an activating group) is 1. The van der Waals surface area contributed by atoms with Gasteiger partial charge in [0.15, 0.2) is 5.56 Å². The number of esters is 1. The minimum atomic E-state index is -0.802. The van der Waals surface area contributed by atoms with Crippen molar-refractivity contribution in [1.29, 1.82) is 0 Å². The van der Waals surface area contributed by atoms with Crippen molar-refractivity contribution in [2.24, 2.45) is 0 Å². The van der Waals surface area contributed by atoms with E-state index in [1.165, 1.54) is 27.2 Å². The summed E-state index contributed by atoms with van der Waals surface area (Å²) in [6, 6.07) is 3.30. The van der Waals surface area contributed by atoms with Crippen LogP contribution in [0.5, 0.6) is 0 Å². The largest absolute Gasteiger partial charge is 0.459 e. The maximum Gasteiger partial charge on any atom is 0.416 e. The summed E-state index contributed by atoms with van der Waals surface area (Å²) in [5.74, 6) is -0.374. The quantitative estimate of drug-likeness (QED) is 0.399. The predicted molar refractivity (Wildman–Crippen MR) is 103 cm³/mol. The first-order valence-corrected chi connectivity index (χ1v) is 8.96. The molecule has 0 unspecified atom stereocenters. The standard InChI is InChI=1S/C18H26ClN3O6/c1-12(19)27-17(25)22(6)15-13(8-7-9-20-15)11-26-14(23)10-21(5)16(24)28-18(2,3)4/h7-9,12H,10-11H2,1-6H3/t12-/m1/s1. The lowest BCUT2D eigenvalue weighted by molar-refractivity contribution is -0.145. The zero-order chi connectivity index (χ0) is 21.5. The lowest BCUT2D eigenvalue weighted by atomic mass is 10.2. The molecule has 156 valence electrons. The Balaban J connectivity index is 2.69. The van der Waals surface area contributed by atoms with E-state index < -0.39 is 29.3 Å². The van der Waals surface area contributed by atoms with E-state index in [0.29, 0.717) is 5.56 Å². The van der Waals surface area contributed by atoms with Crippen molar-refractivity contribution in [3.63, 3.8) is 0 Å². The highest BCUT2D eigenvalue weighted by Gasteiger charge is 2.23. The third-order valence-corrected chi connectivity index (χ3v) is 3.27.